The fourth-order valence-corrected chi connectivity index (χ4v) is 3.63. The molecule has 0 saturated carbocycles. The van der Waals surface area contributed by atoms with Crippen molar-refractivity contribution in [3.8, 4) is 0 Å². The minimum atomic E-state index is 0.605. The molecule has 2 aromatic rings. The molecule has 1 unspecified atom stereocenters. The van der Waals surface area contributed by atoms with Crippen LogP contribution in [0.1, 0.15) is 29.1 Å². The van der Waals surface area contributed by atoms with Gasteiger partial charge in [0.15, 0.2) is 0 Å². The molecule has 4 heteroatoms. The standard InChI is InChI=1S/C17H21N3S/c1-12-3-2-4-15(7-12)21-11-17-19-10-14-8-13(9-18)5-6-16(14)20-17/h2-4,7,10,13H,5-6,8-9,11,18H2,1H3. The predicted molar refractivity (Wildman–Crippen MR) is 87.3 cm³/mol. The largest absolute Gasteiger partial charge is 0.330 e. The third-order valence-corrected chi connectivity index (χ3v) is 4.98. The van der Waals surface area contributed by atoms with Gasteiger partial charge in [-0.25, -0.2) is 9.97 Å². The van der Waals surface area contributed by atoms with Crippen LogP contribution < -0.4 is 5.73 Å². The number of thioether (sulfide) groups is 1. The van der Waals surface area contributed by atoms with E-state index in [1.807, 2.05) is 6.20 Å². The monoisotopic (exact) mass is 299 g/mol. The van der Waals surface area contributed by atoms with Gasteiger partial charge < -0.3 is 5.73 Å². The van der Waals surface area contributed by atoms with Crippen LogP contribution in [0.4, 0.5) is 0 Å². The van der Waals surface area contributed by atoms with Crippen LogP contribution in [0.2, 0.25) is 0 Å². The van der Waals surface area contributed by atoms with Gasteiger partial charge in [-0.1, -0.05) is 17.7 Å². The van der Waals surface area contributed by atoms with E-state index in [4.69, 9.17) is 10.7 Å². The van der Waals surface area contributed by atoms with Crippen molar-refractivity contribution >= 4 is 11.8 Å². The molecule has 110 valence electrons. The minimum absolute atomic E-state index is 0.605. The van der Waals surface area contributed by atoms with E-state index in [0.29, 0.717) is 5.92 Å². The molecular formula is C17H21N3S. The second-order valence-corrected chi connectivity index (χ2v) is 6.76. The van der Waals surface area contributed by atoms with Gasteiger partial charge in [0.2, 0.25) is 0 Å². The molecule has 1 heterocycles. The van der Waals surface area contributed by atoms with Crippen LogP contribution in [0, 0.1) is 12.8 Å². The van der Waals surface area contributed by atoms with Crippen molar-refractivity contribution in [1.82, 2.24) is 9.97 Å². The molecule has 1 aliphatic rings. The smallest absolute Gasteiger partial charge is 0.138 e. The first-order chi connectivity index (χ1) is 10.2. The highest BCUT2D eigenvalue weighted by molar-refractivity contribution is 7.98. The van der Waals surface area contributed by atoms with Crippen LogP contribution in [0.15, 0.2) is 35.4 Å². The molecule has 3 rings (SSSR count). The maximum atomic E-state index is 5.77. The van der Waals surface area contributed by atoms with E-state index >= 15 is 0 Å². The fraction of sp³-hybridized carbons (Fsp3) is 0.412. The van der Waals surface area contributed by atoms with Crippen LogP contribution >= 0.6 is 11.8 Å². The Balaban J connectivity index is 1.67. The zero-order chi connectivity index (χ0) is 14.7. The highest BCUT2D eigenvalue weighted by Crippen LogP contribution is 2.25. The summed E-state index contributed by atoms with van der Waals surface area (Å²) in [5.41, 5.74) is 9.58. The lowest BCUT2D eigenvalue weighted by Crippen LogP contribution is -2.23. The van der Waals surface area contributed by atoms with E-state index in [1.165, 1.54) is 21.7 Å². The molecule has 21 heavy (non-hydrogen) atoms. The Kier molecular flexibility index (Phi) is 4.56. The fourth-order valence-electron chi connectivity index (χ4n) is 2.75. The summed E-state index contributed by atoms with van der Waals surface area (Å²) in [6.07, 6.45) is 5.25. The Morgan fingerprint density at radius 2 is 2.29 bits per heavy atom. The van der Waals surface area contributed by atoms with Crippen LogP contribution in [-0.2, 0) is 18.6 Å². The molecule has 1 aromatic carbocycles. The van der Waals surface area contributed by atoms with Gasteiger partial charge in [0, 0.05) is 16.8 Å². The molecule has 1 aromatic heterocycles. The Hall–Kier alpha value is -1.39. The normalized spacial score (nSPS) is 17.5. The summed E-state index contributed by atoms with van der Waals surface area (Å²) >= 11 is 1.80. The first-order valence-corrected chi connectivity index (χ1v) is 8.46. The van der Waals surface area contributed by atoms with E-state index in [0.717, 1.165) is 37.4 Å². The Morgan fingerprint density at radius 3 is 3.10 bits per heavy atom. The summed E-state index contributed by atoms with van der Waals surface area (Å²) in [7, 11) is 0. The molecule has 3 nitrogen and oxygen atoms in total. The summed E-state index contributed by atoms with van der Waals surface area (Å²) in [4.78, 5) is 10.5. The van der Waals surface area contributed by atoms with Gasteiger partial charge in [-0.05, 0) is 56.3 Å². The number of nitrogens with two attached hydrogens (primary N) is 1. The van der Waals surface area contributed by atoms with Gasteiger partial charge in [0.1, 0.15) is 5.82 Å². The van der Waals surface area contributed by atoms with Crippen molar-refractivity contribution in [2.24, 2.45) is 11.7 Å². The lowest BCUT2D eigenvalue weighted by molar-refractivity contribution is 0.460. The predicted octanol–water partition coefficient (Wildman–Crippen LogP) is 3.14. The summed E-state index contributed by atoms with van der Waals surface area (Å²) in [5.74, 6) is 2.37. The van der Waals surface area contributed by atoms with Crippen molar-refractivity contribution in [2.75, 3.05) is 6.54 Å². The quantitative estimate of drug-likeness (QED) is 0.881. The average Bonchev–Trinajstić information content (AvgIpc) is 2.52. The third kappa shape index (κ3) is 3.63. The number of fused-ring (bicyclic) bond motifs is 1. The molecule has 1 atom stereocenters. The van der Waals surface area contributed by atoms with E-state index in [-0.39, 0.29) is 0 Å². The van der Waals surface area contributed by atoms with Crippen molar-refractivity contribution < 1.29 is 0 Å². The first kappa shape index (κ1) is 14.5. The Labute approximate surface area is 130 Å². The molecule has 1 aliphatic carbocycles. The molecule has 0 radical (unpaired) electrons. The second kappa shape index (κ2) is 6.58. The number of hydrogen-bond donors (Lipinski definition) is 1. The Morgan fingerprint density at radius 1 is 1.38 bits per heavy atom. The number of aromatic nitrogens is 2. The van der Waals surface area contributed by atoms with Gasteiger partial charge in [-0.3, -0.25) is 0 Å². The van der Waals surface area contributed by atoms with Gasteiger partial charge in [0.05, 0.1) is 5.75 Å². The van der Waals surface area contributed by atoms with E-state index < -0.39 is 0 Å². The number of benzene rings is 1. The lowest BCUT2D eigenvalue weighted by atomic mass is 9.87. The van der Waals surface area contributed by atoms with E-state index in [2.05, 4.69) is 36.2 Å². The van der Waals surface area contributed by atoms with Gasteiger partial charge in [-0.15, -0.1) is 11.8 Å². The van der Waals surface area contributed by atoms with Crippen LogP contribution in [-0.4, -0.2) is 16.5 Å². The van der Waals surface area contributed by atoms with E-state index in [9.17, 15) is 0 Å². The number of hydrogen-bond acceptors (Lipinski definition) is 4. The maximum absolute atomic E-state index is 5.77. The van der Waals surface area contributed by atoms with Crippen LogP contribution in [0.5, 0.6) is 0 Å². The average molecular weight is 299 g/mol. The molecule has 0 spiro atoms. The summed E-state index contributed by atoms with van der Waals surface area (Å²) in [6, 6.07) is 8.56. The van der Waals surface area contributed by atoms with Gasteiger partial charge in [0.25, 0.3) is 0 Å². The molecule has 0 amide bonds. The van der Waals surface area contributed by atoms with Crippen molar-refractivity contribution in [3.05, 3.63) is 53.1 Å². The molecule has 0 fully saturated rings. The zero-order valence-corrected chi connectivity index (χ0v) is 13.2. The molecule has 2 N–H and O–H groups in total. The third-order valence-electron chi connectivity index (χ3n) is 3.99. The summed E-state index contributed by atoms with van der Waals surface area (Å²) in [6.45, 7) is 2.89. The summed E-state index contributed by atoms with van der Waals surface area (Å²) in [5, 5.41) is 0. The van der Waals surface area contributed by atoms with Crippen molar-refractivity contribution in [1.29, 1.82) is 0 Å². The summed E-state index contributed by atoms with van der Waals surface area (Å²) < 4.78 is 0. The molecular weight excluding hydrogens is 278 g/mol. The second-order valence-electron chi connectivity index (χ2n) is 5.71. The SMILES string of the molecule is Cc1cccc(SCc2ncc3c(n2)CCC(CN)C3)c1. The topological polar surface area (TPSA) is 51.8 Å². The molecule has 0 saturated heterocycles. The van der Waals surface area contributed by atoms with Crippen molar-refractivity contribution in [3.63, 3.8) is 0 Å². The maximum Gasteiger partial charge on any atom is 0.138 e. The van der Waals surface area contributed by atoms with Crippen LogP contribution in [0.3, 0.4) is 0 Å². The molecule has 0 bridgehead atoms. The number of rotatable bonds is 4. The highest BCUT2D eigenvalue weighted by Gasteiger charge is 2.19. The van der Waals surface area contributed by atoms with Gasteiger partial charge >= 0.3 is 0 Å². The lowest BCUT2D eigenvalue weighted by Gasteiger charge is -2.22. The van der Waals surface area contributed by atoms with Crippen molar-refractivity contribution in [2.45, 2.75) is 36.8 Å². The molecule has 0 aliphatic heterocycles. The van der Waals surface area contributed by atoms with E-state index in [1.54, 1.807) is 11.8 Å². The highest BCUT2D eigenvalue weighted by atomic mass is 32.2. The van der Waals surface area contributed by atoms with Gasteiger partial charge in [-0.2, -0.15) is 0 Å². The minimum Gasteiger partial charge on any atom is -0.330 e. The Bertz CT molecular complexity index is 627. The van der Waals surface area contributed by atoms with Crippen LogP contribution in [0.25, 0.3) is 0 Å². The zero-order valence-electron chi connectivity index (χ0n) is 12.4. The number of aryl methyl sites for hydroxylation is 2. The number of nitrogens with zero attached hydrogens (tertiary/aromatic N) is 2. The first-order valence-electron chi connectivity index (χ1n) is 7.48.